The van der Waals surface area contributed by atoms with Crippen molar-refractivity contribution in [1.29, 1.82) is 0 Å². The van der Waals surface area contributed by atoms with Gasteiger partial charge in [-0.3, -0.25) is 9.59 Å². The van der Waals surface area contributed by atoms with E-state index in [1.165, 1.54) is 25.6 Å². The fraction of sp³-hybridized carbons (Fsp3) is 0.500. The van der Waals surface area contributed by atoms with Gasteiger partial charge in [-0.05, 0) is 67.5 Å². The molecule has 13 heteroatoms. The van der Waals surface area contributed by atoms with Crippen LogP contribution >= 0.6 is 11.6 Å². The maximum absolute atomic E-state index is 13.6. The number of amides is 2. The van der Waals surface area contributed by atoms with Crippen LogP contribution < -0.4 is 5.32 Å². The zero-order chi connectivity index (χ0) is 29.4. The predicted octanol–water partition coefficient (Wildman–Crippen LogP) is 4.37. The van der Waals surface area contributed by atoms with Crippen molar-refractivity contribution in [3.05, 3.63) is 70.2 Å². The molecule has 8 nitrogen and oxygen atoms in total. The molecule has 3 aliphatic heterocycles. The minimum Gasteiger partial charge on any atom is -0.350 e. The molecule has 0 saturated carbocycles. The van der Waals surface area contributed by atoms with Crippen LogP contribution in [0.25, 0.3) is 0 Å². The first-order valence-corrected chi connectivity index (χ1v) is 15.5. The van der Waals surface area contributed by atoms with E-state index in [9.17, 15) is 31.2 Å². The molecule has 3 heterocycles. The number of hydrogen-bond donors (Lipinski definition) is 1. The Morgan fingerprint density at radius 2 is 1.61 bits per heavy atom. The Balaban J connectivity index is 1.19. The standard InChI is InChI=1S/C28H32ClF3N4O4S/c29-23-11-7-20(8-12-23)24-13-16-36(24)41(39,40)34-14-1-3-21(18-34)27(38)35-15-2-4-25(35)26(37)33-17-19-5-9-22(10-6-19)28(30,31)32/h5-12,21,24-25H,1-4,13-18H2,(H,33,37)/t21-,24?,25+/m0/s1. The van der Waals surface area contributed by atoms with Crippen LogP contribution in [-0.2, 0) is 32.5 Å². The molecule has 0 radical (unpaired) electrons. The van der Waals surface area contributed by atoms with E-state index in [1.54, 1.807) is 12.1 Å². The number of alkyl halides is 3. The van der Waals surface area contributed by atoms with E-state index < -0.39 is 33.9 Å². The first kappa shape index (κ1) is 29.8. The fourth-order valence-electron chi connectivity index (χ4n) is 5.82. The van der Waals surface area contributed by atoms with Gasteiger partial charge in [0.1, 0.15) is 6.04 Å². The zero-order valence-electron chi connectivity index (χ0n) is 22.3. The summed E-state index contributed by atoms with van der Waals surface area (Å²) in [5.74, 6) is -1.17. The molecular formula is C28H32ClF3N4O4S. The second kappa shape index (κ2) is 11.9. The molecule has 2 aromatic rings. The van der Waals surface area contributed by atoms with Crippen LogP contribution in [0.5, 0.6) is 0 Å². The summed E-state index contributed by atoms with van der Waals surface area (Å²) < 4.78 is 68.4. The fourth-order valence-corrected chi connectivity index (χ4v) is 7.85. The number of hydrogen-bond acceptors (Lipinski definition) is 4. The van der Waals surface area contributed by atoms with Gasteiger partial charge in [0.15, 0.2) is 0 Å². The van der Waals surface area contributed by atoms with Crippen LogP contribution in [-0.4, -0.2) is 66.0 Å². The SMILES string of the molecule is O=C(NCc1ccc(C(F)(F)F)cc1)[C@H]1CCCN1C(=O)[C@H]1CCCN(S(=O)(=O)N2CCC2c2ccc(Cl)cc2)C1. The lowest BCUT2D eigenvalue weighted by molar-refractivity contribution is -0.142. The van der Waals surface area contributed by atoms with Crippen molar-refractivity contribution in [2.45, 2.75) is 56.9 Å². The third-order valence-corrected chi connectivity index (χ3v) is 10.4. The van der Waals surface area contributed by atoms with Crippen LogP contribution in [0.15, 0.2) is 48.5 Å². The van der Waals surface area contributed by atoms with Crippen molar-refractivity contribution in [2.75, 3.05) is 26.2 Å². The molecule has 0 aliphatic carbocycles. The molecule has 1 N–H and O–H groups in total. The van der Waals surface area contributed by atoms with E-state index in [0.29, 0.717) is 62.3 Å². The van der Waals surface area contributed by atoms with Gasteiger partial charge >= 0.3 is 6.18 Å². The Kier molecular flexibility index (Phi) is 8.66. The Labute approximate surface area is 242 Å². The largest absolute Gasteiger partial charge is 0.416 e. The molecular weight excluding hydrogens is 581 g/mol. The van der Waals surface area contributed by atoms with Crippen LogP contribution in [0.1, 0.15) is 54.8 Å². The van der Waals surface area contributed by atoms with E-state index in [1.807, 2.05) is 12.1 Å². The summed E-state index contributed by atoms with van der Waals surface area (Å²) in [7, 11) is -3.79. The normalized spacial score (nSPS) is 24.2. The number of carbonyl (C=O) groups is 2. The molecule has 0 spiro atoms. The Morgan fingerprint density at radius 1 is 0.927 bits per heavy atom. The van der Waals surface area contributed by atoms with E-state index in [-0.39, 0.29) is 30.9 Å². The van der Waals surface area contributed by atoms with Crippen LogP contribution in [0, 0.1) is 5.92 Å². The van der Waals surface area contributed by atoms with Gasteiger partial charge in [0.25, 0.3) is 10.2 Å². The smallest absolute Gasteiger partial charge is 0.350 e. The van der Waals surface area contributed by atoms with Gasteiger partial charge in [0.05, 0.1) is 17.5 Å². The maximum Gasteiger partial charge on any atom is 0.416 e. The van der Waals surface area contributed by atoms with Crippen molar-refractivity contribution in [3.8, 4) is 0 Å². The lowest BCUT2D eigenvalue weighted by Crippen LogP contribution is -2.56. The highest BCUT2D eigenvalue weighted by atomic mass is 35.5. The van der Waals surface area contributed by atoms with E-state index >= 15 is 0 Å². The molecule has 5 rings (SSSR count). The Bertz CT molecular complexity index is 1370. The van der Waals surface area contributed by atoms with E-state index in [0.717, 1.165) is 17.7 Å². The van der Waals surface area contributed by atoms with Crippen molar-refractivity contribution < 1.29 is 31.2 Å². The molecule has 3 aliphatic rings. The van der Waals surface area contributed by atoms with Crippen molar-refractivity contribution >= 4 is 33.6 Å². The summed E-state index contributed by atoms with van der Waals surface area (Å²) in [5.41, 5.74) is 0.618. The van der Waals surface area contributed by atoms with Crippen LogP contribution in [0.4, 0.5) is 13.2 Å². The van der Waals surface area contributed by atoms with Crippen LogP contribution in [0.2, 0.25) is 5.02 Å². The number of nitrogens with zero attached hydrogens (tertiary/aromatic N) is 3. The second-order valence-corrected chi connectivity index (χ2v) is 13.1. The van der Waals surface area contributed by atoms with Gasteiger partial charge in [-0.15, -0.1) is 0 Å². The molecule has 222 valence electrons. The predicted molar refractivity (Wildman–Crippen MR) is 147 cm³/mol. The molecule has 41 heavy (non-hydrogen) atoms. The lowest BCUT2D eigenvalue weighted by Gasteiger charge is -2.44. The third kappa shape index (κ3) is 6.40. The maximum atomic E-state index is 13.6. The molecule has 2 amide bonds. The topological polar surface area (TPSA) is 90.0 Å². The Morgan fingerprint density at radius 3 is 2.24 bits per heavy atom. The molecule has 0 aromatic heterocycles. The van der Waals surface area contributed by atoms with Crippen LogP contribution in [0.3, 0.4) is 0 Å². The van der Waals surface area contributed by atoms with Crippen molar-refractivity contribution in [2.24, 2.45) is 5.92 Å². The third-order valence-electron chi connectivity index (χ3n) is 8.17. The van der Waals surface area contributed by atoms with Gasteiger partial charge in [-0.2, -0.15) is 30.2 Å². The number of carbonyl (C=O) groups excluding carboxylic acids is 2. The number of nitrogens with one attached hydrogen (secondary N) is 1. The molecule has 0 bridgehead atoms. The summed E-state index contributed by atoms with van der Waals surface area (Å²) in [6, 6.07) is 10.7. The lowest BCUT2D eigenvalue weighted by atomic mass is 9.97. The average Bonchev–Trinajstić information content (AvgIpc) is 3.42. The summed E-state index contributed by atoms with van der Waals surface area (Å²) in [6.07, 6.45) is -1.57. The minimum absolute atomic E-state index is 0.0373. The number of rotatable bonds is 7. The van der Waals surface area contributed by atoms with Gasteiger partial charge in [0.2, 0.25) is 11.8 Å². The highest BCUT2D eigenvalue weighted by molar-refractivity contribution is 7.86. The monoisotopic (exact) mass is 612 g/mol. The van der Waals surface area contributed by atoms with E-state index in [2.05, 4.69) is 5.32 Å². The Hall–Kier alpha value is -2.67. The summed E-state index contributed by atoms with van der Waals surface area (Å²) >= 11 is 5.98. The molecule has 3 fully saturated rings. The molecule has 3 saturated heterocycles. The first-order valence-electron chi connectivity index (χ1n) is 13.7. The van der Waals surface area contributed by atoms with Gasteiger partial charge < -0.3 is 10.2 Å². The number of likely N-dealkylation sites (tertiary alicyclic amines) is 1. The zero-order valence-corrected chi connectivity index (χ0v) is 23.9. The average molecular weight is 613 g/mol. The minimum atomic E-state index is -4.44. The molecule has 2 aromatic carbocycles. The van der Waals surface area contributed by atoms with Crippen molar-refractivity contribution in [1.82, 2.24) is 18.8 Å². The molecule has 1 unspecified atom stereocenters. The highest BCUT2D eigenvalue weighted by Gasteiger charge is 2.45. The van der Waals surface area contributed by atoms with Crippen molar-refractivity contribution in [3.63, 3.8) is 0 Å². The van der Waals surface area contributed by atoms with Gasteiger partial charge in [-0.25, -0.2) is 0 Å². The summed E-state index contributed by atoms with van der Waals surface area (Å²) in [6.45, 7) is 1.22. The summed E-state index contributed by atoms with van der Waals surface area (Å²) in [4.78, 5) is 28.1. The number of piperidine rings is 1. The number of benzene rings is 2. The second-order valence-electron chi connectivity index (χ2n) is 10.8. The highest BCUT2D eigenvalue weighted by Crippen LogP contribution is 2.38. The quantitative estimate of drug-likeness (QED) is 0.503. The van der Waals surface area contributed by atoms with Gasteiger partial charge in [0, 0.05) is 37.7 Å². The van der Waals surface area contributed by atoms with E-state index in [4.69, 9.17) is 11.6 Å². The number of halogens is 4. The molecule has 3 atom stereocenters. The van der Waals surface area contributed by atoms with Gasteiger partial charge in [-0.1, -0.05) is 35.9 Å². The first-order chi connectivity index (χ1) is 19.4. The summed E-state index contributed by atoms with van der Waals surface area (Å²) in [5, 5.41) is 3.32.